The maximum Gasteiger partial charge on any atom is 0.276 e. The topological polar surface area (TPSA) is 108 Å². The molecule has 174 valence electrons. The van der Waals surface area contributed by atoms with E-state index in [-0.39, 0.29) is 36.2 Å². The summed E-state index contributed by atoms with van der Waals surface area (Å²) in [6.07, 6.45) is 2.97. The van der Waals surface area contributed by atoms with E-state index in [0.717, 1.165) is 28.6 Å². The van der Waals surface area contributed by atoms with Gasteiger partial charge in [0.2, 0.25) is 5.43 Å². The Hall–Kier alpha value is -3.78. The molecular weight excluding hydrogens is 432 g/mol. The van der Waals surface area contributed by atoms with Crippen LogP contribution in [0, 0.1) is 0 Å². The summed E-state index contributed by atoms with van der Waals surface area (Å²) in [7, 11) is 0. The number of carbonyl (C=O) groups excluding carboxylic acids is 1. The lowest BCUT2D eigenvalue weighted by Gasteiger charge is -2.42. The van der Waals surface area contributed by atoms with Crippen molar-refractivity contribution in [1.29, 1.82) is 0 Å². The number of carbonyl (C=O) groups is 1. The maximum atomic E-state index is 13.2. The number of hydrogen-bond donors (Lipinski definition) is 2. The predicted molar refractivity (Wildman–Crippen MR) is 128 cm³/mol. The van der Waals surface area contributed by atoms with Crippen LogP contribution in [0.15, 0.2) is 64.5 Å². The van der Waals surface area contributed by atoms with Crippen LogP contribution in [0.4, 0.5) is 5.69 Å². The summed E-state index contributed by atoms with van der Waals surface area (Å²) >= 11 is 0. The van der Waals surface area contributed by atoms with Gasteiger partial charge in [0, 0.05) is 30.6 Å². The molecular formula is C26H26N4O4. The lowest BCUT2D eigenvalue weighted by molar-refractivity contribution is 0.0558. The molecule has 3 unspecified atom stereocenters. The number of aromatic nitrogens is 2. The Labute approximate surface area is 196 Å². The fraction of sp³-hybridized carbons (Fsp3) is 0.308. The second-order valence-corrected chi connectivity index (χ2v) is 9.06. The van der Waals surface area contributed by atoms with Crippen molar-refractivity contribution in [2.45, 2.75) is 44.4 Å². The van der Waals surface area contributed by atoms with Gasteiger partial charge in [-0.15, -0.1) is 0 Å². The van der Waals surface area contributed by atoms with Gasteiger partial charge in [-0.2, -0.15) is 5.10 Å². The zero-order chi connectivity index (χ0) is 24.0. The molecule has 0 bridgehead atoms. The highest BCUT2D eigenvalue weighted by Gasteiger charge is 2.43. The van der Waals surface area contributed by atoms with Crippen LogP contribution in [-0.4, -0.2) is 49.6 Å². The number of benzene rings is 2. The van der Waals surface area contributed by atoms with Crippen molar-refractivity contribution < 1.29 is 15.0 Å². The minimum Gasteiger partial charge on any atom is -0.502 e. The van der Waals surface area contributed by atoms with E-state index in [0.29, 0.717) is 6.54 Å². The molecule has 8 nitrogen and oxygen atoms in total. The molecule has 8 heteroatoms. The minimum absolute atomic E-state index is 0.0619. The molecule has 1 amide bonds. The fourth-order valence-electron chi connectivity index (χ4n) is 5.07. The molecule has 34 heavy (non-hydrogen) atoms. The van der Waals surface area contributed by atoms with Gasteiger partial charge < -0.3 is 15.1 Å². The second kappa shape index (κ2) is 8.53. The smallest absolute Gasteiger partial charge is 0.276 e. The first kappa shape index (κ1) is 22.0. The first-order chi connectivity index (χ1) is 16.4. The zero-order valence-corrected chi connectivity index (χ0v) is 19.0. The lowest BCUT2D eigenvalue weighted by atomic mass is 9.77. The Morgan fingerprint density at radius 2 is 1.88 bits per heavy atom. The Balaban J connectivity index is 1.71. The number of amides is 1. The first-order valence-corrected chi connectivity index (χ1v) is 11.3. The standard InChI is InChI=1S/C26H26N4O4/c1-15(2)29-13-21(30-24(26(29)34)25(33)22(32)12-28-30)23(17-6-4-3-5-7-17)19-11-27-20-10-16(14-31)8-9-18(19)20/h3-12,15,19,21,23,31,33H,13-14H2,1-2H3. The number of aliphatic hydroxyl groups excluding tert-OH is 1. The molecule has 3 heterocycles. The predicted octanol–water partition coefficient (Wildman–Crippen LogP) is 3.13. The van der Waals surface area contributed by atoms with E-state index < -0.39 is 17.1 Å². The van der Waals surface area contributed by atoms with E-state index in [2.05, 4.69) is 10.1 Å². The normalized spacial score (nSPS) is 19.9. The van der Waals surface area contributed by atoms with Crippen molar-refractivity contribution in [1.82, 2.24) is 14.7 Å². The highest BCUT2D eigenvalue weighted by Crippen LogP contribution is 2.47. The molecule has 0 spiro atoms. The van der Waals surface area contributed by atoms with E-state index in [1.165, 1.54) is 4.68 Å². The second-order valence-electron chi connectivity index (χ2n) is 9.06. The summed E-state index contributed by atoms with van der Waals surface area (Å²) in [6, 6.07) is 15.2. The Kier molecular flexibility index (Phi) is 5.53. The third-order valence-corrected chi connectivity index (χ3v) is 6.77. The average Bonchev–Trinajstić information content (AvgIpc) is 3.26. The van der Waals surface area contributed by atoms with Crippen molar-refractivity contribution in [2.75, 3.05) is 6.54 Å². The maximum absolute atomic E-state index is 13.2. The van der Waals surface area contributed by atoms with Crippen LogP contribution >= 0.6 is 0 Å². The summed E-state index contributed by atoms with van der Waals surface area (Å²) in [5.41, 5.74) is 2.89. The van der Waals surface area contributed by atoms with Gasteiger partial charge in [0.25, 0.3) is 5.91 Å². The summed E-state index contributed by atoms with van der Waals surface area (Å²) in [6.45, 7) is 4.13. The Morgan fingerprint density at radius 3 is 2.59 bits per heavy atom. The highest BCUT2D eigenvalue weighted by molar-refractivity contribution is 5.96. The van der Waals surface area contributed by atoms with Gasteiger partial charge in [-0.1, -0.05) is 42.5 Å². The van der Waals surface area contributed by atoms with Crippen LogP contribution in [-0.2, 0) is 6.61 Å². The van der Waals surface area contributed by atoms with Crippen molar-refractivity contribution in [3.8, 4) is 5.75 Å². The van der Waals surface area contributed by atoms with Crippen LogP contribution in [0.5, 0.6) is 5.75 Å². The number of hydrogen-bond acceptors (Lipinski definition) is 6. The van der Waals surface area contributed by atoms with Crippen molar-refractivity contribution in [3.63, 3.8) is 0 Å². The van der Waals surface area contributed by atoms with Crippen LogP contribution in [0.3, 0.4) is 0 Å². The number of nitrogens with zero attached hydrogens (tertiary/aromatic N) is 4. The minimum atomic E-state index is -0.676. The van der Waals surface area contributed by atoms with Crippen LogP contribution in [0.2, 0.25) is 0 Å². The fourth-order valence-corrected chi connectivity index (χ4v) is 5.07. The van der Waals surface area contributed by atoms with Crippen LogP contribution < -0.4 is 5.43 Å². The van der Waals surface area contributed by atoms with E-state index in [9.17, 15) is 19.8 Å². The highest BCUT2D eigenvalue weighted by atomic mass is 16.3. The molecule has 0 saturated carbocycles. The van der Waals surface area contributed by atoms with Gasteiger partial charge in [0.1, 0.15) is 0 Å². The zero-order valence-electron chi connectivity index (χ0n) is 19.0. The van der Waals surface area contributed by atoms with Gasteiger partial charge in [-0.3, -0.25) is 19.3 Å². The lowest BCUT2D eigenvalue weighted by Crippen LogP contribution is -2.50. The molecule has 0 saturated heterocycles. The number of rotatable bonds is 5. The SMILES string of the molecule is CC(C)N1CC(C(c2ccccc2)C2C=Nc3cc(CO)ccc32)n2ncc(=O)c(O)c2C1=O. The molecule has 2 aromatic carbocycles. The molecule has 0 radical (unpaired) electrons. The van der Waals surface area contributed by atoms with Crippen molar-refractivity contribution in [2.24, 2.45) is 4.99 Å². The monoisotopic (exact) mass is 458 g/mol. The van der Waals surface area contributed by atoms with Crippen molar-refractivity contribution >= 4 is 17.8 Å². The van der Waals surface area contributed by atoms with Gasteiger partial charge in [-0.25, -0.2) is 0 Å². The summed E-state index contributed by atoms with van der Waals surface area (Å²) in [4.78, 5) is 31.8. The van der Waals surface area contributed by atoms with Gasteiger partial charge in [0.15, 0.2) is 11.4 Å². The molecule has 3 aromatic rings. The average molecular weight is 459 g/mol. The molecule has 0 aliphatic carbocycles. The molecule has 5 rings (SSSR count). The molecule has 0 fully saturated rings. The van der Waals surface area contributed by atoms with Crippen LogP contribution in [0.25, 0.3) is 0 Å². The number of aliphatic hydroxyl groups is 1. The number of aliphatic imine (C=N–C) groups is 1. The Bertz CT molecular complexity index is 1330. The molecule has 2 N–H and O–H groups in total. The third kappa shape index (κ3) is 3.51. The molecule has 2 aliphatic rings. The number of fused-ring (bicyclic) bond motifs is 2. The summed E-state index contributed by atoms with van der Waals surface area (Å²) in [5, 5.41) is 24.5. The summed E-state index contributed by atoms with van der Waals surface area (Å²) in [5.74, 6) is -1.30. The van der Waals surface area contributed by atoms with Crippen LogP contribution in [0.1, 0.15) is 58.9 Å². The third-order valence-electron chi connectivity index (χ3n) is 6.77. The molecule has 1 aromatic heterocycles. The van der Waals surface area contributed by atoms with E-state index in [1.54, 1.807) is 4.90 Å². The quantitative estimate of drug-likeness (QED) is 0.611. The van der Waals surface area contributed by atoms with E-state index in [1.807, 2.05) is 68.6 Å². The van der Waals surface area contributed by atoms with E-state index in [4.69, 9.17) is 0 Å². The molecule has 2 aliphatic heterocycles. The van der Waals surface area contributed by atoms with Gasteiger partial charge in [-0.05, 0) is 36.6 Å². The van der Waals surface area contributed by atoms with Gasteiger partial charge in [0.05, 0.1) is 24.5 Å². The Morgan fingerprint density at radius 1 is 1.12 bits per heavy atom. The summed E-state index contributed by atoms with van der Waals surface area (Å²) < 4.78 is 1.52. The largest absolute Gasteiger partial charge is 0.502 e. The van der Waals surface area contributed by atoms with Crippen molar-refractivity contribution in [3.05, 3.63) is 87.3 Å². The number of aromatic hydroxyl groups is 1. The van der Waals surface area contributed by atoms with Gasteiger partial charge >= 0.3 is 0 Å². The van der Waals surface area contributed by atoms with E-state index >= 15 is 0 Å². The first-order valence-electron chi connectivity index (χ1n) is 11.3. The molecule has 3 atom stereocenters.